The third-order valence-corrected chi connectivity index (χ3v) is 6.31. The molecule has 0 bridgehead atoms. The van der Waals surface area contributed by atoms with Gasteiger partial charge in [0.25, 0.3) is 0 Å². The molecular formula is C35H36N2. The lowest BCUT2D eigenvalue weighted by Gasteiger charge is -2.26. The minimum Gasteiger partial charge on any atom is -0.345 e. The van der Waals surface area contributed by atoms with Gasteiger partial charge in [0.05, 0.1) is 0 Å². The molecule has 5 aromatic carbocycles. The van der Waals surface area contributed by atoms with Gasteiger partial charge in [0.2, 0.25) is 0 Å². The Balaban J connectivity index is 0.000000180. The third kappa shape index (κ3) is 6.89. The van der Waals surface area contributed by atoms with Gasteiger partial charge in [-0.25, -0.2) is 0 Å². The van der Waals surface area contributed by atoms with Crippen molar-refractivity contribution in [2.75, 3.05) is 16.8 Å². The molecule has 0 atom stereocenters. The first-order valence-corrected chi connectivity index (χ1v) is 12.8. The van der Waals surface area contributed by atoms with E-state index in [0.717, 1.165) is 0 Å². The summed E-state index contributed by atoms with van der Waals surface area (Å²) < 4.78 is 0. The highest BCUT2D eigenvalue weighted by Crippen LogP contribution is 2.34. The molecule has 37 heavy (non-hydrogen) atoms. The molecule has 0 N–H and O–H groups in total. The molecule has 0 aromatic heterocycles. The fourth-order valence-corrected chi connectivity index (χ4v) is 4.38. The zero-order valence-electron chi connectivity index (χ0n) is 22.5. The van der Waals surface area contributed by atoms with E-state index in [-0.39, 0.29) is 0 Å². The van der Waals surface area contributed by atoms with Crippen LogP contribution in [0.3, 0.4) is 0 Å². The molecule has 0 radical (unpaired) electrons. The second kappa shape index (κ2) is 12.1. The summed E-state index contributed by atoms with van der Waals surface area (Å²) in [6, 6.07) is 44.8. The minimum atomic E-state index is 1.17. The van der Waals surface area contributed by atoms with Gasteiger partial charge < -0.3 is 9.80 Å². The van der Waals surface area contributed by atoms with Gasteiger partial charge in [-0.05, 0) is 111 Å². The number of hydrogen-bond donors (Lipinski definition) is 0. The van der Waals surface area contributed by atoms with Crippen molar-refractivity contribution in [1.29, 1.82) is 0 Å². The minimum absolute atomic E-state index is 1.17. The number of hydrogen-bond acceptors (Lipinski definition) is 2. The Morgan fingerprint density at radius 3 is 1.05 bits per heavy atom. The quantitative estimate of drug-likeness (QED) is 0.245. The number of para-hydroxylation sites is 1. The Morgan fingerprint density at radius 1 is 0.351 bits per heavy atom. The number of nitrogens with zero attached hydrogens (tertiary/aromatic N) is 2. The summed E-state index contributed by atoms with van der Waals surface area (Å²) in [6.45, 7) is 8.49. The van der Waals surface area contributed by atoms with Gasteiger partial charge in [-0.2, -0.15) is 0 Å². The molecule has 0 aliphatic rings. The SMILES string of the molecule is Cc1cccc(N(C)c2cccc(C)c2)c1.Cc1cccc(N(c2ccccc2)c2cccc(C)c2)c1. The normalized spacial score (nSPS) is 10.3. The van der Waals surface area contributed by atoms with Gasteiger partial charge in [-0.1, -0.05) is 66.7 Å². The van der Waals surface area contributed by atoms with E-state index in [4.69, 9.17) is 0 Å². The molecule has 0 saturated carbocycles. The van der Waals surface area contributed by atoms with Gasteiger partial charge in [-0.3, -0.25) is 0 Å². The largest absolute Gasteiger partial charge is 0.345 e. The number of anilines is 5. The van der Waals surface area contributed by atoms with Crippen LogP contribution in [0.5, 0.6) is 0 Å². The molecule has 0 amide bonds. The first-order chi connectivity index (χ1) is 17.9. The third-order valence-electron chi connectivity index (χ3n) is 6.31. The molecule has 0 aliphatic heterocycles. The molecule has 0 saturated heterocycles. The summed E-state index contributed by atoms with van der Waals surface area (Å²) in [5, 5.41) is 0. The van der Waals surface area contributed by atoms with Crippen molar-refractivity contribution in [1.82, 2.24) is 0 Å². The average molecular weight is 485 g/mol. The smallest absolute Gasteiger partial charge is 0.0464 e. The Morgan fingerprint density at radius 2 is 0.676 bits per heavy atom. The van der Waals surface area contributed by atoms with Crippen molar-refractivity contribution in [3.63, 3.8) is 0 Å². The van der Waals surface area contributed by atoms with Crippen LogP contribution in [-0.2, 0) is 0 Å². The summed E-state index contributed by atoms with van der Waals surface area (Å²) in [6.07, 6.45) is 0. The Kier molecular flexibility index (Phi) is 8.43. The summed E-state index contributed by atoms with van der Waals surface area (Å²) in [7, 11) is 2.10. The maximum absolute atomic E-state index is 2.29. The predicted octanol–water partition coefficient (Wildman–Crippen LogP) is 9.84. The standard InChI is InChI=1S/C20H19N.C15H17N/c1-16-8-6-12-19(14-16)21(18-10-4-3-5-11-18)20-13-7-9-17(2)15-20;1-12-6-4-8-14(10-12)16(3)15-9-5-7-13(2)11-15/h3-15H,1-2H3;4-11H,1-3H3. The first kappa shape index (κ1) is 25.8. The van der Waals surface area contributed by atoms with E-state index in [9.17, 15) is 0 Å². The number of rotatable bonds is 5. The van der Waals surface area contributed by atoms with Gasteiger partial charge in [-0.15, -0.1) is 0 Å². The Labute approximate surface area is 222 Å². The maximum atomic E-state index is 2.29. The predicted molar refractivity (Wildman–Crippen MR) is 161 cm³/mol. The summed E-state index contributed by atoms with van der Waals surface area (Å²) in [5.41, 5.74) is 11.1. The van der Waals surface area contributed by atoms with Gasteiger partial charge in [0.15, 0.2) is 0 Å². The van der Waals surface area contributed by atoms with E-state index in [1.165, 1.54) is 50.7 Å². The van der Waals surface area contributed by atoms with Gasteiger partial charge in [0.1, 0.15) is 0 Å². The number of benzene rings is 5. The van der Waals surface area contributed by atoms with Crippen LogP contribution in [-0.4, -0.2) is 7.05 Å². The lowest BCUT2D eigenvalue weighted by atomic mass is 10.1. The van der Waals surface area contributed by atoms with E-state index in [0.29, 0.717) is 0 Å². The molecule has 0 heterocycles. The van der Waals surface area contributed by atoms with Crippen LogP contribution < -0.4 is 9.80 Å². The molecule has 2 heteroatoms. The van der Waals surface area contributed by atoms with E-state index >= 15 is 0 Å². The van der Waals surface area contributed by atoms with Gasteiger partial charge >= 0.3 is 0 Å². The second-order valence-corrected chi connectivity index (χ2v) is 9.59. The molecule has 5 rings (SSSR count). The zero-order chi connectivity index (χ0) is 26.2. The van der Waals surface area contributed by atoms with Crippen LogP contribution in [0.4, 0.5) is 28.4 Å². The van der Waals surface area contributed by atoms with Crippen LogP contribution in [0, 0.1) is 27.7 Å². The van der Waals surface area contributed by atoms with E-state index in [1.807, 2.05) is 6.07 Å². The molecule has 0 unspecified atom stereocenters. The molecule has 0 spiro atoms. The van der Waals surface area contributed by atoms with Crippen LogP contribution in [0.25, 0.3) is 0 Å². The highest BCUT2D eigenvalue weighted by molar-refractivity contribution is 5.76. The topological polar surface area (TPSA) is 6.48 Å². The van der Waals surface area contributed by atoms with Crippen molar-refractivity contribution in [2.24, 2.45) is 0 Å². The molecule has 0 fully saturated rings. The van der Waals surface area contributed by atoms with Crippen molar-refractivity contribution in [3.8, 4) is 0 Å². The fraction of sp³-hybridized carbons (Fsp3) is 0.143. The second-order valence-electron chi connectivity index (χ2n) is 9.59. The first-order valence-electron chi connectivity index (χ1n) is 12.8. The van der Waals surface area contributed by atoms with E-state index < -0.39 is 0 Å². The van der Waals surface area contributed by atoms with Gasteiger partial charge in [0, 0.05) is 35.5 Å². The monoisotopic (exact) mass is 484 g/mol. The zero-order valence-corrected chi connectivity index (χ0v) is 22.5. The van der Waals surface area contributed by atoms with Crippen LogP contribution in [0.1, 0.15) is 22.3 Å². The van der Waals surface area contributed by atoms with Crippen molar-refractivity contribution in [3.05, 3.63) is 150 Å². The highest BCUT2D eigenvalue weighted by Gasteiger charge is 2.12. The van der Waals surface area contributed by atoms with Crippen LogP contribution >= 0.6 is 0 Å². The van der Waals surface area contributed by atoms with E-state index in [1.54, 1.807) is 0 Å². The maximum Gasteiger partial charge on any atom is 0.0464 e. The molecular weight excluding hydrogens is 448 g/mol. The lowest BCUT2D eigenvalue weighted by molar-refractivity contribution is 1.19. The van der Waals surface area contributed by atoms with Crippen molar-refractivity contribution in [2.45, 2.75) is 27.7 Å². The molecule has 186 valence electrons. The lowest BCUT2D eigenvalue weighted by Crippen LogP contribution is -2.10. The average Bonchev–Trinajstić information content (AvgIpc) is 2.90. The Bertz CT molecular complexity index is 1350. The molecule has 0 aliphatic carbocycles. The van der Waals surface area contributed by atoms with Crippen LogP contribution in [0.15, 0.2) is 127 Å². The number of aryl methyl sites for hydroxylation is 4. The molecule has 5 aromatic rings. The summed E-state index contributed by atoms with van der Waals surface area (Å²) in [5.74, 6) is 0. The summed E-state index contributed by atoms with van der Waals surface area (Å²) >= 11 is 0. The van der Waals surface area contributed by atoms with Crippen LogP contribution in [0.2, 0.25) is 0 Å². The highest BCUT2D eigenvalue weighted by atomic mass is 15.1. The van der Waals surface area contributed by atoms with E-state index in [2.05, 4.69) is 166 Å². The molecule has 2 nitrogen and oxygen atoms in total. The van der Waals surface area contributed by atoms with Crippen molar-refractivity contribution >= 4 is 28.4 Å². The van der Waals surface area contributed by atoms with Crippen molar-refractivity contribution < 1.29 is 0 Å². The summed E-state index contributed by atoms with van der Waals surface area (Å²) in [4.78, 5) is 4.50. The Hall–Kier alpha value is -4.30. The fourth-order valence-electron chi connectivity index (χ4n) is 4.38.